The van der Waals surface area contributed by atoms with Crippen molar-refractivity contribution in [1.29, 1.82) is 5.26 Å². The number of carbonyl (C=O) groups is 1. The van der Waals surface area contributed by atoms with Crippen LogP contribution >= 0.6 is 11.8 Å². The third kappa shape index (κ3) is 5.78. The Morgan fingerprint density at radius 1 is 1.13 bits per heavy atom. The van der Waals surface area contributed by atoms with Crippen molar-refractivity contribution in [1.82, 2.24) is 15.0 Å². The van der Waals surface area contributed by atoms with Gasteiger partial charge in [-0.05, 0) is 56.3 Å². The summed E-state index contributed by atoms with van der Waals surface area (Å²) in [6.45, 7) is 3.51. The van der Waals surface area contributed by atoms with Crippen molar-refractivity contribution in [3.63, 3.8) is 0 Å². The van der Waals surface area contributed by atoms with Crippen LogP contribution in [0.1, 0.15) is 18.2 Å². The van der Waals surface area contributed by atoms with E-state index in [1.165, 1.54) is 48.4 Å². The van der Waals surface area contributed by atoms with E-state index in [1.807, 2.05) is 6.92 Å². The number of sulfonamides is 1. The molecule has 0 fully saturated rings. The number of aromatic nitrogens is 3. The molecule has 2 N–H and O–H groups in total. The predicted molar refractivity (Wildman–Crippen MR) is 117 cm³/mol. The van der Waals surface area contributed by atoms with E-state index in [4.69, 9.17) is 0 Å². The number of aryl methyl sites for hydroxylation is 1. The van der Waals surface area contributed by atoms with Crippen LogP contribution in [0.4, 0.5) is 11.6 Å². The fourth-order valence-electron chi connectivity index (χ4n) is 2.42. The van der Waals surface area contributed by atoms with Crippen molar-refractivity contribution < 1.29 is 13.2 Å². The van der Waals surface area contributed by atoms with Gasteiger partial charge in [0, 0.05) is 23.8 Å². The third-order valence-electron chi connectivity index (χ3n) is 4.00. The minimum atomic E-state index is -3.86. The number of hydrogen-bond acceptors (Lipinski definition) is 8. The highest BCUT2D eigenvalue weighted by Gasteiger charge is 2.19. The standard InChI is InChI=1S/C20H18N6O3S2/c1-13-4-5-15(12-21)19(24-13)30-14(2)18(27)25-16-6-8-17(9-7-16)31(28,29)26-20-22-10-3-11-23-20/h3-11,14H,1-2H3,(H,25,27)(H,22,23,26). The summed E-state index contributed by atoms with van der Waals surface area (Å²) in [4.78, 5) is 24.5. The van der Waals surface area contributed by atoms with Gasteiger partial charge in [-0.2, -0.15) is 5.26 Å². The van der Waals surface area contributed by atoms with Gasteiger partial charge < -0.3 is 5.32 Å². The number of anilines is 2. The van der Waals surface area contributed by atoms with E-state index < -0.39 is 15.3 Å². The molecule has 0 spiro atoms. The van der Waals surface area contributed by atoms with Crippen LogP contribution in [-0.2, 0) is 14.8 Å². The first-order valence-electron chi connectivity index (χ1n) is 9.03. The Labute approximate surface area is 184 Å². The normalized spacial score (nSPS) is 11.9. The highest BCUT2D eigenvalue weighted by Crippen LogP contribution is 2.26. The van der Waals surface area contributed by atoms with Crippen LogP contribution in [0.2, 0.25) is 0 Å². The summed E-state index contributed by atoms with van der Waals surface area (Å²) in [5.41, 5.74) is 1.59. The summed E-state index contributed by atoms with van der Waals surface area (Å²) in [7, 11) is -3.86. The molecule has 158 valence electrons. The van der Waals surface area contributed by atoms with Crippen LogP contribution in [0.3, 0.4) is 0 Å². The minimum Gasteiger partial charge on any atom is -0.325 e. The van der Waals surface area contributed by atoms with Gasteiger partial charge in [-0.25, -0.2) is 28.1 Å². The number of thioether (sulfide) groups is 1. The van der Waals surface area contributed by atoms with E-state index in [1.54, 1.807) is 25.1 Å². The second-order valence-corrected chi connectivity index (χ2v) is 9.38. The van der Waals surface area contributed by atoms with Crippen molar-refractivity contribution >= 4 is 39.3 Å². The summed E-state index contributed by atoms with van der Waals surface area (Å²) >= 11 is 1.18. The van der Waals surface area contributed by atoms with Crippen LogP contribution in [0, 0.1) is 18.3 Å². The second kappa shape index (κ2) is 9.55. The molecule has 2 aromatic heterocycles. The van der Waals surface area contributed by atoms with Crippen molar-refractivity contribution in [2.45, 2.75) is 29.0 Å². The first-order chi connectivity index (χ1) is 14.8. The molecule has 0 saturated carbocycles. The molecule has 11 heteroatoms. The van der Waals surface area contributed by atoms with Crippen LogP contribution in [0.5, 0.6) is 0 Å². The SMILES string of the molecule is Cc1ccc(C#N)c(SC(C)C(=O)Nc2ccc(S(=O)(=O)Nc3ncccn3)cc2)n1. The summed E-state index contributed by atoms with van der Waals surface area (Å²) < 4.78 is 27.1. The Balaban J connectivity index is 1.66. The highest BCUT2D eigenvalue weighted by atomic mass is 32.2. The van der Waals surface area contributed by atoms with E-state index in [0.29, 0.717) is 16.3 Å². The Hall–Kier alpha value is -3.49. The molecule has 1 unspecified atom stereocenters. The monoisotopic (exact) mass is 454 g/mol. The number of benzene rings is 1. The Morgan fingerprint density at radius 3 is 2.45 bits per heavy atom. The zero-order valence-electron chi connectivity index (χ0n) is 16.6. The fraction of sp³-hybridized carbons (Fsp3) is 0.150. The average molecular weight is 455 g/mol. The average Bonchev–Trinajstić information content (AvgIpc) is 2.74. The lowest BCUT2D eigenvalue weighted by atomic mass is 10.3. The molecule has 1 aromatic carbocycles. The van der Waals surface area contributed by atoms with Gasteiger partial charge in [-0.1, -0.05) is 11.8 Å². The van der Waals surface area contributed by atoms with Crippen LogP contribution in [-0.4, -0.2) is 34.5 Å². The molecule has 0 aliphatic heterocycles. The van der Waals surface area contributed by atoms with E-state index in [0.717, 1.165) is 5.69 Å². The summed E-state index contributed by atoms with van der Waals surface area (Å²) in [5.74, 6) is -0.337. The van der Waals surface area contributed by atoms with Gasteiger partial charge >= 0.3 is 0 Å². The van der Waals surface area contributed by atoms with Crippen molar-refractivity contribution in [3.8, 4) is 6.07 Å². The quantitative estimate of drug-likeness (QED) is 0.520. The molecule has 1 amide bonds. The number of hydrogen-bond donors (Lipinski definition) is 2. The molecule has 1 atom stereocenters. The molecule has 9 nitrogen and oxygen atoms in total. The molecule has 3 rings (SSSR count). The van der Waals surface area contributed by atoms with Crippen LogP contribution in [0.15, 0.2) is 64.8 Å². The summed E-state index contributed by atoms with van der Waals surface area (Å²) in [6.07, 6.45) is 2.85. The number of nitriles is 1. The van der Waals surface area contributed by atoms with Gasteiger partial charge in [0.25, 0.3) is 10.0 Å². The smallest absolute Gasteiger partial charge is 0.264 e. The molecule has 0 aliphatic carbocycles. The highest BCUT2D eigenvalue weighted by molar-refractivity contribution is 8.00. The van der Waals surface area contributed by atoms with Crippen LogP contribution < -0.4 is 10.0 Å². The van der Waals surface area contributed by atoms with Gasteiger partial charge in [0.1, 0.15) is 11.1 Å². The van der Waals surface area contributed by atoms with Gasteiger partial charge in [0.2, 0.25) is 11.9 Å². The number of carbonyl (C=O) groups excluding carboxylic acids is 1. The van der Waals surface area contributed by atoms with Gasteiger partial charge in [0.15, 0.2) is 0 Å². The Kier molecular flexibility index (Phi) is 6.84. The number of nitrogens with zero attached hydrogens (tertiary/aromatic N) is 4. The lowest BCUT2D eigenvalue weighted by Crippen LogP contribution is -2.22. The zero-order valence-corrected chi connectivity index (χ0v) is 18.2. The lowest BCUT2D eigenvalue weighted by molar-refractivity contribution is -0.115. The molecule has 0 saturated heterocycles. The maximum atomic E-state index is 12.5. The maximum absolute atomic E-state index is 12.5. The molecule has 0 bridgehead atoms. The predicted octanol–water partition coefficient (Wildman–Crippen LogP) is 2.97. The number of pyridine rings is 1. The zero-order chi connectivity index (χ0) is 22.4. The van der Waals surface area contributed by atoms with E-state index >= 15 is 0 Å². The third-order valence-corrected chi connectivity index (χ3v) is 6.45. The van der Waals surface area contributed by atoms with E-state index in [2.05, 4.69) is 31.1 Å². The van der Waals surface area contributed by atoms with Gasteiger partial charge in [-0.3, -0.25) is 4.79 Å². The number of amides is 1. The van der Waals surface area contributed by atoms with Gasteiger partial charge in [-0.15, -0.1) is 0 Å². The molecular formula is C20H18N6O3S2. The topological polar surface area (TPSA) is 138 Å². The molecule has 0 radical (unpaired) electrons. The van der Waals surface area contributed by atoms with Gasteiger partial charge in [0.05, 0.1) is 15.7 Å². The Bertz CT molecular complexity index is 1230. The molecule has 0 aliphatic rings. The van der Waals surface area contributed by atoms with E-state index in [9.17, 15) is 18.5 Å². The van der Waals surface area contributed by atoms with Crippen molar-refractivity contribution in [2.75, 3.05) is 10.0 Å². The van der Waals surface area contributed by atoms with E-state index in [-0.39, 0.29) is 16.8 Å². The summed E-state index contributed by atoms with van der Waals surface area (Å²) in [6, 6.07) is 12.8. The van der Waals surface area contributed by atoms with Crippen molar-refractivity contribution in [3.05, 3.63) is 66.1 Å². The molecule has 3 aromatic rings. The molecule has 31 heavy (non-hydrogen) atoms. The second-order valence-electron chi connectivity index (χ2n) is 6.37. The number of rotatable bonds is 7. The fourth-order valence-corrected chi connectivity index (χ4v) is 4.32. The molecular weight excluding hydrogens is 436 g/mol. The minimum absolute atomic E-state index is 0.00278. The number of nitrogens with one attached hydrogen (secondary N) is 2. The van der Waals surface area contributed by atoms with Crippen LogP contribution in [0.25, 0.3) is 0 Å². The largest absolute Gasteiger partial charge is 0.325 e. The first-order valence-corrected chi connectivity index (χ1v) is 11.4. The maximum Gasteiger partial charge on any atom is 0.264 e. The summed E-state index contributed by atoms with van der Waals surface area (Å²) in [5, 5.41) is 11.9. The van der Waals surface area contributed by atoms with Crippen molar-refractivity contribution in [2.24, 2.45) is 0 Å². The molecule has 2 heterocycles. The lowest BCUT2D eigenvalue weighted by Gasteiger charge is -2.13. The Morgan fingerprint density at radius 2 is 1.81 bits per heavy atom. The first kappa shape index (κ1) is 22.2.